The zero-order valence-corrected chi connectivity index (χ0v) is 7.39. The Labute approximate surface area is 68.3 Å². The Kier molecular flexibility index (Phi) is 1.69. The minimum Gasteiger partial charge on any atom is -0.375 e. The fraction of sp³-hybridized carbons (Fsp3) is 1.00. The monoisotopic (exact) mass is 155 g/mol. The summed E-state index contributed by atoms with van der Waals surface area (Å²) >= 11 is 0. The summed E-state index contributed by atoms with van der Waals surface area (Å²) in [5, 5.41) is 3.50. The van der Waals surface area contributed by atoms with E-state index < -0.39 is 0 Å². The average molecular weight is 155 g/mol. The molecule has 2 fully saturated rings. The lowest BCUT2D eigenvalue weighted by Gasteiger charge is -2.39. The van der Waals surface area contributed by atoms with Crippen molar-refractivity contribution < 1.29 is 4.74 Å². The summed E-state index contributed by atoms with van der Waals surface area (Å²) in [6.07, 6.45) is 3.21. The quantitative estimate of drug-likeness (QED) is 0.613. The summed E-state index contributed by atoms with van der Waals surface area (Å²) < 4.78 is 5.75. The van der Waals surface area contributed by atoms with E-state index in [2.05, 4.69) is 19.2 Å². The van der Waals surface area contributed by atoms with Gasteiger partial charge in [-0.15, -0.1) is 0 Å². The minimum absolute atomic E-state index is 0.208. The topological polar surface area (TPSA) is 21.3 Å². The molecule has 2 aliphatic rings. The molecule has 0 amide bonds. The smallest absolute Gasteiger partial charge is 0.0779 e. The Morgan fingerprint density at radius 3 is 2.64 bits per heavy atom. The van der Waals surface area contributed by atoms with Gasteiger partial charge in [0.1, 0.15) is 0 Å². The van der Waals surface area contributed by atoms with Crippen LogP contribution in [0.5, 0.6) is 0 Å². The van der Waals surface area contributed by atoms with Crippen molar-refractivity contribution in [2.75, 3.05) is 13.2 Å². The molecule has 1 aliphatic heterocycles. The first-order valence-electron chi connectivity index (χ1n) is 4.57. The van der Waals surface area contributed by atoms with Crippen molar-refractivity contribution in [2.24, 2.45) is 5.92 Å². The van der Waals surface area contributed by atoms with Crippen LogP contribution in [0.25, 0.3) is 0 Å². The van der Waals surface area contributed by atoms with Crippen molar-refractivity contribution in [1.82, 2.24) is 5.32 Å². The van der Waals surface area contributed by atoms with Gasteiger partial charge in [-0.05, 0) is 32.6 Å². The van der Waals surface area contributed by atoms with Crippen LogP contribution in [0.2, 0.25) is 0 Å². The molecule has 0 unspecified atom stereocenters. The summed E-state index contributed by atoms with van der Waals surface area (Å²) in [7, 11) is 0. The van der Waals surface area contributed by atoms with Crippen molar-refractivity contribution >= 4 is 0 Å². The molecule has 0 radical (unpaired) electrons. The lowest BCUT2D eigenvalue weighted by atomic mass is 9.92. The fourth-order valence-electron chi connectivity index (χ4n) is 1.99. The first-order valence-corrected chi connectivity index (χ1v) is 4.57. The molecule has 1 heterocycles. The summed E-state index contributed by atoms with van der Waals surface area (Å²) in [4.78, 5) is 0. The van der Waals surface area contributed by atoms with Gasteiger partial charge in [-0.25, -0.2) is 0 Å². The van der Waals surface area contributed by atoms with E-state index in [-0.39, 0.29) is 5.54 Å². The SMILES string of the molecule is CC1(C)NCCO[C@@H]1C1CC1. The highest BCUT2D eigenvalue weighted by Crippen LogP contribution is 2.39. The number of nitrogens with one attached hydrogen (secondary N) is 1. The molecule has 1 saturated carbocycles. The van der Waals surface area contributed by atoms with Crippen molar-refractivity contribution in [2.45, 2.75) is 38.3 Å². The maximum atomic E-state index is 5.75. The van der Waals surface area contributed by atoms with Crippen LogP contribution in [0.15, 0.2) is 0 Å². The molecule has 0 spiro atoms. The third-order valence-electron chi connectivity index (χ3n) is 2.74. The van der Waals surface area contributed by atoms with Gasteiger partial charge in [0.2, 0.25) is 0 Å². The second kappa shape index (κ2) is 2.46. The van der Waals surface area contributed by atoms with Crippen LogP contribution in [-0.4, -0.2) is 24.8 Å². The number of hydrogen-bond donors (Lipinski definition) is 1. The second-order valence-corrected chi connectivity index (χ2v) is 4.28. The van der Waals surface area contributed by atoms with E-state index in [1.54, 1.807) is 0 Å². The summed E-state index contributed by atoms with van der Waals surface area (Å²) in [6.45, 7) is 6.39. The largest absolute Gasteiger partial charge is 0.375 e. The molecule has 1 atom stereocenters. The van der Waals surface area contributed by atoms with E-state index in [1.807, 2.05) is 0 Å². The summed E-state index contributed by atoms with van der Waals surface area (Å²) in [6, 6.07) is 0. The van der Waals surface area contributed by atoms with Crippen LogP contribution in [0.3, 0.4) is 0 Å². The number of morpholine rings is 1. The highest BCUT2D eigenvalue weighted by atomic mass is 16.5. The van der Waals surface area contributed by atoms with E-state index in [4.69, 9.17) is 4.74 Å². The molecule has 1 saturated heterocycles. The zero-order chi connectivity index (χ0) is 7.90. The lowest BCUT2D eigenvalue weighted by molar-refractivity contribution is -0.0491. The molecule has 2 nitrogen and oxygen atoms in total. The molecule has 1 aliphatic carbocycles. The van der Waals surface area contributed by atoms with Crippen molar-refractivity contribution in [1.29, 1.82) is 0 Å². The van der Waals surface area contributed by atoms with Gasteiger partial charge in [0.25, 0.3) is 0 Å². The van der Waals surface area contributed by atoms with Gasteiger partial charge in [0.05, 0.1) is 12.7 Å². The third kappa shape index (κ3) is 1.42. The van der Waals surface area contributed by atoms with Gasteiger partial charge in [-0.1, -0.05) is 0 Å². The highest BCUT2D eigenvalue weighted by molar-refractivity contribution is 4.98. The van der Waals surface area contributed by atoms with Crippen LogP contribution < -0.4 is 5.32 Å². The standard InChI is InChI=1S/C9H17NO/c1-9(2)8(7-3-4-7)11-6-5-10-9/h7-8,10H,3-6H2,1-2H3/t8-/m1/s1. The predicted molar refractivity (Wildman–Crippen MR) is 44.5 cm³/mol. The van der Waals surface area contributed by atoms with Crippen molar-refractivity contribution in [3.63, 3.8) is 0 Å². The fourth-order valence-corrected chi connectivity index (χ4v) is 1.99. The molecular weight excluding hydrogens is 138 g/mol. The molecule has 0 aromatic rings. The van der Waals surface area contributed by atoms with E-state index in [9.17, 15) is 0 Å². The zero-order valence-electron chi connectivity index (χ0n) is 7.39. The first-order chi connectivity index (χ1) is 5.20. The minimum atomic E-state index is 0.208. The summed E-state index contributed by atoms with van der Waals surface area (Å²) in [5.74, 6) is 0.845. The Morgan fingerprint density at radius 2 is 2.09 bits per heavy atom. The molecule has 0 bridgehead atoms. The highest BCUT2D eigenvalue weighted by Gasteiger charge is 2.43. The normalized spacial score (nSPS) is 37.1. The van der Waals surface area contributed by atoms with Gasteiger partial charge in [0, 0.05) is 12.1 Å². The van der Waals surface area contributed by atoms with E-state index in [0.717, 1.165) is 19.1 Å². The third-order valence-corrected chi connectivity index (χ3v) is 2.74. The van der Waals surface area contributed by atoms with Gasteiger partial charge in [-0.2, -0.15) is 0 Å². The maximum absolute atomic E-state index is 5.75. The number of ether oxygens (including phenoxy) is 1. The van der Waals surface area contributed by atoms with Gasteiger partial charge in [0.15, 0.2) is 0 Å². The van der Waals surface area contributed by atoms with Crippen LogP contribution in [0.4, 0.5) is 0 Å². The summed E-state index contributed by atoms with van der Waals surface area (Å²) in [5.41, 5.74) is 0.208. The molecule has 2 heteroatoms. The Morgan fingerprint density at radius 1 is 1.36 bits per heavy atom. The molecule has 0 aromatic carbocycles. The van der Waals surface area contributed by atoms with Crippen LogP contribution in [0.1, 0.15) is 26.7 Å². The Bertz CT molecular complexity index is 152. The van der Waals surface area contributed by atoms with E-state index >= 15 is 0 Å². The van der Waals surface area contributed by atoms with E-state index in [0.29, 0.717) is 6.10 Å². The second-order valence-electron chi connectivity index (χ2n) is 4.28. The molecule has 11 heavy (non-hydrogen) atoms. The van der Waals surface area contributed by atoms with Gasteiger partial charge < -0.3 is 10.1 Å². The molecular formula is C9H17NO. The first kappa shape index (κ1) is 7.56. The number of rotatable bonds is 1. The van der Waals surface area contributed by atoms with Crippen LogP contribution in [0, 0.1) is 5.92 Å². The van der Waals surface area contributed by atoms with E-state index in [1.165, 1.54) is 12.8 Å². The molecule has 2 rings (SSSR count). The van der Waals surface area contributed by atoms with Crippen LogP contribution >= 0.6 is 0 Å². The van der Waals surface area contributed by atoms with Crippen molar-refractivity contribution in [3.8, 4) is 0 Å². The lowest BCUT2D eigenvalue weighted by Crippen LogP contribution is -2.57. The maximum Gasteiger partial charge on any atom is 0.0779 e. The predicted octanol–water partition coefficient (Wildman–Crippen LogP) is 1.16. The Hall–Kier alpha value is -0.0800. The van der Waals surface area contributed by atoms with Gasteiger partial charge >= 0.3 is 0 Å². The van der Waals surface area contributed by atoms with Crippen LogP contribution in [-0.2, 0) is 4.74 Å². The van der Waals surface area contributed by atoms with Crippen molar-refractivity contribution in [3.05, 3.63) is 0 Å². The molecule has 0 aromatic heterocycles. The van der Waals surface area contributed by atoms with Gasteiger partial charge in [-0.3, -0.25) is 0 Å². The molecule has 64 valence electrons. The Balaban J connectivity index is 2.02. The average Bonchev–Trinajstić information content (AvgIpc) is 2.69. The number of hydrogen-bond acceptors (Lipinski definition) is 2. The molecule has 1 N–H and O–H groups in total.